The zero-order valence-corrected chi connectivity index (χ0v) is 50.2. The van der Waals surface area contributed by atoms with Crippen molar-refractivity contribution < 1.29 is 98.1 Å². The topological polar surface area (TPSA) is 282 Å². The number of amidine groups is 1. The van der Waals surface area contributed by atoms with Crippen molar-refractivity contribution in [3.05, 3.63) is 70.8 Å². The van der Waals surface area contributed by atoms with Crippen LogP contribution in [0.2, 0.25) is 0 Å². The number of aliphatic imine (C=N–C) groups is 1. The third-order valence-corrected chi connectivity index (χ3v) is 13.5. The van der Waals surface area contributed by atoms with Crippen molar-refractivity contribution >= 4 is 53.5 Å². The van der Waals surface area contributed by atoms with Gasteiger partial charge in [0.25, 0.3) is 0 Å². The molecule has 0 radical (unpaired) electrons. The van der Waals surface area contributed by atoms with Gasteiger partial charge < -0.3 is 82.2 Å². The second-order valence-corrected chi connectivity index (χ2v) is 20.0. The smallest absolute Gasteiger partial charge is 0.409 e. The number of hydrogen-bond donors (Lipinski definition) is 3. The Bertz CT molecular complexity index is 2600. The Morgan fingerprint density at radius 1 is 0.667 bits per heavy atom. The Balaban J connectivity index is 0.760. The van der Waals surface area contributed by atoms with Crippen molar-refractivity contribution in [1.29, 1.82) is 0 Å². The molecule has 2 aliphatic rings. The molecule has 5 rings (SSSR count). The number of nitrogens with one attached hydrogen (secondary N) is 1. The van der Waals surface area contributed by atoms with Crippen LogP contribution >= 0.6 is 12.0 Å². The lowest BCUT2D eigenvalue weighted by Crippen LogP contribution is -2.42. The van der Waals surface area contributed by atoms with Crippen molar-refractivity contribution in [2.75, 3.05) is 159 Å². The van der Waals surface area contributed by atoms with Gasteiger partial charge in [0.15, 0.2) is 11.6 Å². The van der Waals surface area contributed by atoms with Crippen LogP contribution in [0.25, 0.3) is 17.2 Å². The minimum absolute atomic E-state index is 0.0822. The first-order valence-electron chi connectivity index (χ1n) is 28.9. The molecule has 4 N–H and O–H groups in total. The highest BCUT2D eigenvalue weighted by Gasteiger charge is 2.30. The van der Waals surface area contributed by atoms with Crippen molar-refractivity contribution in [1.82, 2.24) is 25.1 Å². The number of nitrogens with two attached hydrogens (primary N) is 1. The average Bonchev–Trinajstić information content (AvgIpc) is 2.06. The van der Waals surface area contributed by atoms with E-state index in [0.717, 1.165) is 42.4 Å². The predicted octanol–water partition coefficient (Wildman–Crippen LogP) is 6.46. The van der Waals surface area contributed by atoms with Crippen LogP contribution in [0.5, 0.6) is 5.75 Å². The largest absolute Gasteiger partial charge is 0.449 e. The number of aromatic nitrogens is 2. The Morgan fingerprint density at radius 2 is 1.16 bits per heavy atom. The van der Waals surface area contributed by atoms with Gasteiger partial charge in [0.05, 0.1) is 157 Å². The van der Waals surface area contributed by atoms with Gasteiger partial charge in [-0.15, -0.1) is 0 Å². The normalized spacial score (nSPS) is 13.1. The van der Waals surface area contributed by atoms with E-state index in [0.29, 0.717) is 142 Å². The number of nitrogens with zero attached hydrogens (tertiary/aromatic N) is 5. The van der Waals surface area contributed by atoms with Gasteiger partial charge in [0.1, 0.15) is 16.6 Å². The van der Waals surface area contributed by atoms with Crippen molar-refractivity contribution in [3.63, 3.8) is 0 Å². The van der Waals surface area contributed by atoms with E-state index in [1.165, 1.54) is 0 Å². The lowest BCUT2D eigenvalue weighted by atomic mass is 9.92. The number of carbonyl (C=O) groups is 4. The maximum atomic E-state index is 13.9. The van der Waals surface area contributed by atoms with E-state index < -0.39 is 58.3 Å². The number of rotatable bonds is 46. The summed E-state index contributed by atoms with van der Waals surface area (Å²) in [5, 5.41) is 2.81. The minimum Gasteiger partial charge on any atom is -0.449 e. The van der Waals surface area contributed by atoms with Gasteiger partial charge in [0.2, 0.25) is 29.2 Å². The highest BCUT2D eigenvalue weighted by atomic mass is 32.2. The van der Waals surface area contributed by atoms with Crippen LogP contribution in [0, 0.1) is 23.3 Å². The summed E-state index contributed by atoms with van der Waals surface area (Å²) in [4.78, 5) is 66.1. The zero-order valence-electron chi connectivity index (χ0n) is 49.4. The van der Waals surface area contributed by atoms with Crippen LogP contribution < -0.4 is 15.8 Å². The Hall–Kier alpha value is -5.96. The number of halogens is 4. The highest BCUT2D eigenvalue weighted by molar-refractivity contribution is 7.93. The molecule has 0 atom stereocenters. The molecule has 1 aromatic heterocycles. The number of hydrogen-bond acceptors (Lipinski definition) is 22. The lowest BCUT2D eigenvalue weighted by molar-refractivity contribution is -0.136. The first kappa shape index (κ1) is 71.8. The molecule has 0 bridgehead atoms. The summed E-state index contributed by atoms with van der Waals surface area (Å²) < 4.78 is 128. The zero-order chi connectivity index (χ0) is 62.4. The van der Waals surface area contributed by atoms with Crippen LogP contribution in [0.3, 0.4) is 0 Å². The van der Waals surface area contributed by atoms with Crippen molar-refractivity contribution in [3.8, 4) is 16.9 Å². The maximum Gasteiger partial charge on any atom is 0.409 e. The quantitative estimate of drug-likeness (QED) is 0.0137. The Morgan fingerprint density at radius 3 is 1.63 bits per heavy atom. The maximum absolute atomic E-state index is 13.9. The molecule has 484 valence electrons. The van der Waals surface area contributed by atoms with E-state index >= 15 is 0 Å². The van der Waals surface area contributed by atoms with Gasteiger partial charge in [-0.3, -0.25) is 14.4 Å². The first-order chi connectivity index (χ1) is 42.3. The summed E-state index contributed by atoms with van der Waals surface area (Å²) >= 11 is -0.523. The molecule has 1 aliphatic carbocycles. The lowest BCUT2D eigenvalue weighted by Gasteiger charge is -2.33. The minimum atomic E-state index is -1.95. The number of ether oxygens (including phenoxy) is 12. The van der Waals surface area contributed by atoms with E-state index in [2.05, 4.69) is 25.0 Å². The van der Waals surface area contributed by atoms with Crippen LogP contribution in [-0.2, 0) is 73.0 Å². The monoisotopic (exact) mass is 1260 g/mol. The summed E-state index contributed by atoms with van der Waals surface area (Å²) in [5.74, 6) is -9.99. The van der Waals surface area contributed by atoms with Crippen molar-refractivity contribution in [2.24, 2.45) is 10.7 Å². The van der Waals surface area contributed by atoms with Gasteiger partial charge in [-0.05, 0) is 49.8 Å². The Labute approximate surface area is 508 Å². The molecule has 1 fully saturated rings. The highest BCUT2D eigenvalue weighted by Crippen LogP contribution is 2.35. The summed E-state index contributed by atoms with van der Waals surface area (Å²) in [5.41, 5.74) is 9.81. The van der Waals surface area contributed by atoms with Crippen molar-refractivity contribution in [2.45, 2.75) is 75.8 Å². The van der Waals surface area contributed by atoms with Gasteiger partial charge in [-0.2, -0.15) is 8.78 Å². The van der Waals surface area contributed by atoms with E-state index in [9.17, 15) is 36.7 Å². The molecule has 24 nitrogen and oxygen atoms in total. The van der Waals surface area contributed by atoms with Gasteiger partial charge in [-0.25, -0.2) is 28.5 Å². The van der Waals surface area contributed by atoms with E-state index in [-0.39, 0.29) is 83.0 Å². The Kier molecular flexibility index (Phi) is 34.7. The third kappa shape index (κ3) is 26.7. The number of esters is 1. The molecule has 0 spiro atoms. The third-order valence-electron chi connectivity index (χ3n) is 13.0. The van der Waals surface area contributed by atoms with E-state index in [1.54, 1.807) is 29.2 Å². The number of fused-ring (bicyclic) bond motifs is 1. The molecule has 87 heavy (non-hydrogen) atoms. The first-order valence-corrected chi connectivity index (χ1v) is 29.7. The molecule has 3 amide bonds. The standard InChI is InChI=1S/C58H81F4N7O17S/c1-3-12-69(13-5-14-85-58(73)68(2)45-6-4-7-45)57(72)43-35-42-9-8-41(36-46(42)67-47(63)37-43)44-38-64-48(65-39-44)40-66-49(70)10-15-75-17-19-77-21-23-79-25-27-81-29-31-83-33-34-84-32-30-82-28-26-80-24-22-78-20-18-76-16-11-50(71)86-55-51(59)53(61)56(87-74)54(62)52(55)60/h8-9,35-36,38-39,45,74H,3-7,10-34,37,40H2,1-2H3,(H2,63,67)(H,66,70). The van der Waals surface area contributed by atoms with Gasteiger partial charge in [0, 0.05) is 80.2 Å². The molecule has 1 saturated carbocycles. The van der Waals surface area contributed by atoms with Gasteiger partial charge >= 0.3 is 12.1 Å². The molecular weight excluding hydrogens is 1170 g/mol. The molecular formula is C58H81F4N7O17S. The molecule has 1 aliphatic heterocycles. The fourth-order valence-corrected chi connectivity index (χ4v) is 8.46. The molecule has 0 saturated heterocycles. The van der Waals surface area contributed by atoms with Crippen LogP contribution in [-0.4, -0.2) is 219 Å². The van der Waals surface area contributed by atoms with Crippen LogP contribution in [0.15, 0.2) is 46.1 Å². The summed E-state index contributed by atoms with van der Waals surface area (Å²) in [6, 6.07) is 5.93. The predicted molar refractivity (Wildman–Crippen MR) is 309 cm³/mol. The van der Waals surface area contributed by atoms with Gasteiger partial charge in [-0.1, -0.05) is 19.1 Å². The summed E-state index contributed by atoms with van der Waals surface area (Å²) in [6.07, 6.45) is 9.18. The fourth-order valence-electron chi connectivity index (χ4n) is 8.12. The second-order valence-electron chi connectivity index (χ2n) is 19.4. The molecule has 3 aromatic rings. The summed E-state index contributed by atoms with van der Waals surface area (Å²) in [7, 11) is 1.77. The van der Waals surface area contributed by atoms with E-state index in [4.69, 9.17) is 62.4 Å². The number of carbonyl (C=O) groups excluding carboxylic acids is 4. The fraction of sp³-hybridized carbons (Fsp3) is 0.603. The average molecular weight is 1260 g/mol. The van der Waals surface area contributed by atoms with Crippen LogP contribution in [0.1, 0.15) is 69.7 Å². The second kappa shape index (κ2) is 42.1. The molecule has 2 aromatic carbocycles. The summed E-state index contributed by atoms with van der Waals surface area (Å²) in [6.45, 7) is 9.52. The molecule has 2 heterocycles. The number of amides is 3. The molecule has 29 heteroatoms. The van der Waals surface area contributed by atoms with Crippen LogP contribution in [0.4, 0.5) is 28.0 Å². The van der Waals surface area contributed by atoms with E-state index in [1.807, 2.05) is 31.2 Å². The SMILES string of the molecule is CCCN(CCCOC(=O)N(C)C1CCC1)C(=O)C1=Cc2ccc(-c3cnc(CNC(=O)CCOCCOCCOCCOCCOCCOCCOCCOCCOCCOCCC(=O)Oc4c(F)c(F)c(SO)c(F)c4F)nc3)cc2N=C(N)C1. The molecule has 0 unspecified atom stereocenters. The number of benzene rings is 2.